The van der Waals surface area contributed by atoms with Crippen LogP contribution in [0.4, 0.5) is 16.2 Å². The molecule has 0 saturated carbocycles. The first-order valence-electron chi connectivity index (χ1n) is 12.3. The number of phenolic OH excluding ortho intramolecular Hbond substituents is 1. The maximum atomic E-state index is 13.4. The first-order valence-corrected chi connectivity index (χ1v) is 12.3. The molecule has 0 fully saturated rings. The molecule has 2 aliphatic carbocycles. The van der Waals surface area contributed by atoms with Crippen LogP contribution in [0.3, 0.4) is 0 Å². The van der Waals surface area contributed by atoms with Gasteiger partial charge in [0.25, 0.3) is 5.91 Å². The molecule has 0 radical (unpaired) electrons. The molecular formula is C26H34N4O9. The first-order chi connectivity index (χ1) is 18.2. The number of rotatable bonds is 5. The van der Waals surface area contributed by atoms with Gasteiger partial charge in [-0.1, -0.05) is 0 Å². The smallest absolute Gasteiger partial charge is 0.411 e. The second-order valence-electron chi connectivity index (χ2n) is 9.91. The van der Waals surface area contributed by atoms with E-state index in [2.05, 4.69) is 5.32 Å². The van der Waals surface area contributed by atoms with Crippen LogP contribution >= 0.6 is 0 Å². The Morgan fingerprint density at radius 2 is 1.77 bits per heavy atom. The summed E-state index contributed by atoms with van der Waals surface area (Å²) in [5.74, 6) is -5.94. The number of ether oxygens (including phenoxy) is 1. The third-order valence-electron chi connectivity index (χ3n) is 6.86. The number of aliphatic hydroxyl groups is 3. The average molecular weight is 547 g/mol. The summed E-state index contributed by atoms with van der Waals surface area (Å²) in [4.78, 5) is 53.6. The van der Waals surface area contributed by atoms with E-state index in [0.29, 0.717) is 11.3 Å². The van der Waals surface area contributed by atoms with Crippen LogP contribution in [0.15, 0.2) is 23.0 Å². The second-order valence-corrected chi connectivity index (χ2v) is 9.91. The van der Waals surface area contributed by atoms with Gasteiger partial charge in [-0.2, -0.15) is 0 Å². The summed E-state index contributed by atoms with van der Waals surface area (Å²) in [6, 6.07) is 0.272. The number of likely N-dealkylation sites (N-methyl/N-ethyl adjacent to an activating group) is 1. The number of nitrogens with one attached hydrogen (secondary N) is 1. The molecule has 1 aromatic carbocycles. The van der Waals surface area contributed by atoms with Crippen LogP contribution in [0.2, 0.25) is 0 Å². The molecule has 1 aromatic rings. The van der Waals surface area contributed by atoms with Crippen molar-refractivity contribution >= 4 is 40.7 Å². The van der Waals surface area contributed by atoms with Gasteiger partial charge in [0.15, 0.2) is 17.3 Å². The van der Waals surface area contributed by atoms with Gasteiger partial charge in [0.1, 0.15) is 17.1 Å². The molecule has 7 N–H and O–H groups in total. The van der Waals surface area contributed by atoms with E-state index in [1.807, 2.05) is 0 Å². The zero-order chi connectivity index (χ0) is 29.3. The molecule has 0 aromatic heterocycles. The Bertz CT molecular complexity index is 1280. The van der Waals surface area contributed by atoms with Crippen molar-refractivity contribution in [2.75, 3.05) is 45.0 Å². The second kappa shape index (κ2) is 11.3. The predicted octanol–water partition coefficient (Wildman–Crippen LogP) is 0.989. The number of anilines is 2. The third-order valence-corrected chi connectivity index (χ3v) is 6.86. The monoisotopic (exact) mass is 546 g/mol. The highest BCUT2D eigenvalue weighted by Crippen LogP contribution is 2.48. The van der Waals surface area contributed by atoms with Crippen molar-refractivity contribution in [1.82, 2.24) is 4.90 Å². The van der Waals surface area contributed by atoms with Gasteiger partial charge in [0, 0.05) is 25.4 Å². The summed E-state index contributed by atoms with van der Waals surface area (Å²) < 4.78 is 4.89. The highest BCUT2D eigenvalue weighted by atomic mass is 16.5. The number of hydrogen-bond donors (Lipinski definition) is 6. The topological polar surface area (TPSA) is 203 Å². The molecule has 3 atom stereocenters. The number of Topliss-reactive ketones (excluding diaryl/α,β-unsaturated/α-hetero) is 2. The van der Waals surface area contributed by atoms with E-state index in [-0.39, 0.29) is 36.3 Å². The molecule has 0 heterocycles. The number of aromatic hydroxyl groups is 1. The number of hydrogen-bond acceptors (Lipinski definition) is 11. The minimum absolute atomic E-state index is 0.0553. The SMILES string of the molecule is CCOC(=O)Nc1cc(N(C)C)c2c(c1O)C(O)=C1C(=O)CC(=O)/C(C(N)=O)=C(/O)[C@@H](N(C)C)[C@@H](O)C[C@@H]1C2. The van der Waals surface area contributed by atoms with Crippen LogP contribution in [-0.4, -0.2) is 95.8 Å². The Kier molecular flexibility index (Phi) is 8.56. The van der Waals surface area contributed by atoms with E-state index in [0.717, 1.165) is 0 Å². The van der Waals surface area contributed by atoms with E-state index in [1.54, 1.807) is 25.9 Å². The highest BCUT2D eigenvalue weighted by molar-refractivity contribution is 6.25. The molecular weight excluding hydrogens is 512 g/mol. The minimum atomic E-state index is -1.40. The quantitative estimate of drug-likeness (QED) is 0.175. The lowest BCUT2D eigenvalue weighted by molar-refractivity contribution is -0.125. The molecule has 39 heavy (non-hydrogen) atoms. The van der Waals surface area contributed by atoms with Crippen LogP contribution in [0.5, 0.6) is 5.75 Å². The molecule has 0 saturated heterocycles. The Hall–Kier alpha value is -4.10. The van der Waals surface area contributed by atoms with Crippen molar-refractivity contribution in [2.24, 2.45) is 11.7 Å². The van der Waals surface area contributed by atoms with Crippen molar-refractivity contribution in [1.29, 1.82) is 0 Å². The van der Waals surface area contributed by atoms with Gasteiger partial charge in [0.2, 0.25) is 0 Å². The minimum Gasteiger partial charge on any atom is -0.510 e. The summed E-state index contributed by atoms with van der Waals surface area (Å²) in [5.41, 5.74) is 5.03. The number of phenols is 1. The van der Waals surface area contributed by atoms with Gasteiger partial charge in [-0.05, 0) is 51.4 Å². The van der Waals surface area contributed by atoms with Crippen LogP contribution in [0.1, 0.15) is 30.9 Å². The van der Waals surface area contributed by atoms with Crippen LogP contribution in [0.25, 0.3) is 5.76 Å². The maximum absolute atomic E-state index is 13.4. The summed E-state index contributed by atoms with van der Waals surface area (Å²) in [5, 5.41) is 46.9. The summed E-state index contributed by atoms with van der Waals surface area (Å²) in [6.45, 7) is 1.68. The van der Waals surface area contributed by atoms with Crippen molar-refractivity contribution in [3.63, 3.8) is 0 Å². The number of nitrogens with zero attached hydrogens (tertiary/aromatic N) is 2. The van der Waals surface area contributed by atoms with Gasteiger partial charge in [0.05, 0.1) is 36.4 Å². The van der Waals surface area contributed by atoms with Crippen molar-refractivity contribution < 1.29 is 44.3 Å². The lowest BCUT2D eigenvalue weighted by atomic mass is 9.74. The highest BCUT2D eigenvalue weighted by Gasteiger charge is 2.42. The van der Waals surface area contributed by atoms with Gasteiger partial charge in [-0.3, -0.25) is 24.6 Å². The van der Waals surface area contributed by atoms with Crippen LogP contribution in [0, 0.1) is 5.92 Å². The number of primary amides is 1. The van der Waals surface area contributed by atoms with Crippen molar-refractivity contribution in [2.45, 2.75) is 38.3 Å². The van der Waals surface area contributed by atoms with E-state index in [4.69, 9.17) is 10.5 Å². The van der Waals surface area contributed by atoms with Gasteiger partial charge < -0.3 is 35.8 Å². The number of amides is 2. The molecule has 212 valence electrons. The maximum Gasteiger partial charge on any atom is 0.411 e. The fourth-order valence-electron chi connectivity index (χ4n) is 5.24. The number of benzene rings is 1. The average Bonchev–Trinajstić information content (AvgIpc) is 2.79. The number of allylic oxidation sites excluding steroid dienone is 1. The van der Waals surface area contributed by atoms with Crippen LogP contribution in [-0.2, 0) is 25.5 Å². The van der Waals surface area contributed by atoms with Gasteiger partial charge in [-0.15, -0.1) is 0 Å². The zero-order valence-electron chi connectivity index (χ0n) is 22.4. The van der Waals surface area contributed by atoms with Crippen molar-refractivity contribution in [3.8, 4) is 5.75 Å². The molecule has 2 aliphatic rings. The lowest BCUT2D eigenvalue weighted by Crippen LogP contribution is -2.45. The standard InChI is InChI=1S/C26H34N4O9/c1-6-39-26(38)28-13-9-14(29(2)3)12-7-11-8-17(33)21(30(4)5)24(36)20(25(27)37)16(32)10-15(31)18(11)23(35)19(12)22(13)34/h9,11,17,21,33-36H,6-8,10H2,1-5H3,(H2,27,37)(H,28,38)/b24-20-/t11-,17-,21-/m0/s1. The van der Waals surface area contributed by atoms with E-state index >= 15 is 0 Å². The molecule has 0 aliphatic heterocycles. The molecule has 0 unspecified atom stereocenters. The fourth-order valence-corrected chi connectivity index (χ4v) is 5.24. The number of carbonyl (C=O) groups is 4. The number of ketones is 2. The van der Waals surface area contributed by atoms with Gasteiger partial charge >= 0.3 is 6.09 Å². The molecule has 3 rings (SSSR count). The summed E-state index contributed by atoms with van der Waals surface area (Å²) in [7, 11) is 6.46. The number of carbonyl (C=O) groups excluding carboxylic acids is 4. The Morgan fingerprint density at radius 1 is 1.13 bits per heavy atom. The molecule has 2 amide bonds. The number of fused-ring (bicyclic) bond motifs is 2. The van der Waals surface area contributed by atoms with Gasteiger partial charge in [-0.25, -0.2) is 4.79 Å². The number of nitrogens with two attached hydrogens (primary N) is 1. The Labute approximate surface area is 225 Å². The molecule has 13 nitrogen and oxygen atoms in total. The molecule has 13 heteroatoms. The summed E-state index contributed by atoms with van der Waals surface area (Å²) >= 11 is 0. The predicted molar refractivity (Wildman–Crippen MR) is 141 cm³/mol. The third kappa shape index (κ3) is 5.54. The first kappa shape index (κ1) is 29.5. The fraction of sp³-hybridized carbons (Fsp3) is 0.462. The molecule has 0 bridgehead atoms. The van der Waals surface area contributed by atoms with E-state index in [1.165, 1.54) is 25.1 Å². The zero-order valence-corrected chi connectivity index (χ0v) is 22.4. The lowest BCUT2D eigenvalue weighted by Gasteiger charge is -2.36. The normalized spacial score (nSPS) is 23.7. The summed E-state index contributed by atoms with van der Waals surface area (Å²) in [6.07, 6.45) is -3.24. The van der Waals surface area contributed by atoms with E-state index < -0.39 is 70.9 Å². The Balaban J connectivity index is 2.27. The largest absolute Gasteiger partial charge is 0.510 e. The molecule has 0 spiro atoms. The van der Waals surface area contributed by atoms with Crippen LogP contribution < -0.4 is 16.0 Å². The Morgan fingerprint density at radius 3 is 2.31 bits per heavy atom. The van der Waals surface area contributed by atoms with Crippen molar-refractivity contribution in [3.05, 3.63) is 34.1 Å². The van der Waals surface area contributed by atoms with E-state index in [9.17, 15) is 39.6 Å². The number of aliphatic hydroxyl groups excluding tert-OH is 3.